The quantitative estimate of drug-likeness (QED) is 0.551. The first-order valence-corrected chi connectivity index (χ1v) is 10.4. The smallest absolute Gasteiger partial charge is 0.341 e. The van der Waals surface area contributed by atoms with Crippen LogP contribution in [0.25, 0.3) is 0 Å². The van der Waals surface area contributed by atoms with Crippen LogP contribution in [0.3, 0.4) is 0 Å². The van der Waals surface area contributed by atoms with E-state index in [0.29, 0.717) is 10.6 Å². The van der Waals surface area contributed by atoms with E-state index < -0.39 is 5.97 Å². The predicted molar refractivity (Wildman–Crippen MR) is 119 cm³/mol. The molecule has 6 heteroatoms. The summed E-state index contributed by atoms with van der Waals surface area (Å²) in [6.45, 7) is 7.56. The lowest BCUT2D eigenvalue weighted by Gasteiger charge is -2.12. The van der Waals surface area contributed by atoms with Crippen LogP contribution in [-0.2, 0) is 9.53 Å². The highest BCUT2D eigenvalue weighted by atomic mass is 32.2. The number of nitrogens with one attached hydrogen (secondary N) is 1. The number of benzene rings is 2. The van der Waals surface area contributed by atoms with Crippen LogP contribution in [-0.4, -0.2) is 23.5 Å². The molecule has 3 rings (SSSR count). The number of hydrogen-bond donors (Lipinski definition) is 1. The van der Waals surface area contributed by atoms with Crippen LogP contribution in [0.5, 0.6) is 0 Å². The van der Waals surface area contributed by atoms with Crippen molar-refractivity contribution in [3.05, 3.63) is 82.5 Å². The molecule has 1 aromatic heterocycles. The maximum absolute atomic E-state index is 12.6. The highest BCUT2D eigenvalue weighted by Crippen LogP contribution is 2.30. The summed E-state index contributed by atoms with van der Waals surface area (Å²) in [7, 11) is 0. The van der Waals surface area contributed by atoms with Gasteiger partial charge in [-0.1, -0.05) is 36.0 Å². The Morgan fingerprint density at radius 3 is 2.37 bits per heavy atom. The van der Waals surface area contributed by atoms with Crippen molar-refractivity contribution >= 4 is 29.3 Å². The molecule has 0 radical (unpaired) electrons. The lowest BCUT2D eigenvalue weighted by atomic mass is 10.1. The molecule has 154 valence electrons. The number of aromatic nitrogens is 1. The lowest BCUT2D eigenvalue weighted by Crippen LogP contribution is -2.22. The van der Waals surface area contributed by atoms with Crippen LogP contribution < -0.4 is 5.32 Å². The molecule has 1 N–H and O–H groups in total. The van der Waals surface area contributed by atoms with E-state index in [1.807, 2.05) is 51.1 Å². The number of nitrogens with zero attached hydrogens (tertiary/aromatic N) is 1. The summed E-state index contributed by atoms with van der Waals surface area (Å²) in [5.74, 6) is -0.959. The molecule has 3 aromatic rings. The van der Waals surface area contributed by atoms with Crippen LogP contribution in [0.4, 0.5) is 5.69 Å². The van der Waals surface area contributed by atoms with Crippen LogP contribution in [0, 0.1) is 27.7 Å². The molecular weight excluding hydrogens is 396 g/mol. The Labute approximate surface area is 180 Å². The van der Waals surface area contributed by atoms with E-state index in [1.54, 1.807) is 18.3 Å². The second-order valence-corrected chi connectivity index (χ2v) is 8.16. The Bertz CT molecular complexity index is 1080. The molecule has 5 nitrogen and oxygen atoms in total. The van der Waals surface area contributed by atoms with Crippen molar-refractivity contribution in [2.75, 3.05) is 11.9 Å². The van der Waals surface area contributed by atoms with Gasteiger partial charge in [0.25, 0.3) is 5.91 Å². The van der Waals surface area contributed by atoms with E-state index >= 15 is 0 Å². The van der Waals surface area contributed by atoms with Gasteiger partial charge in [-0.05, 0) is 74.2 Å². The molecular formula is C24H24N2O3S. The van der Waals surface area contributed by atoms with Crippen LogP contribution in [0.2, 0.25) is 0 Å². The van der Waals surface area contributed by atoms with E-state index in [4.69, 9.17) is 4.74 Å². The van der Waals surface area contributed by atoms with Crippen molar-refractivity contribution in [2.45, 2.75) is 37.6 Å². The Balaban J connectivity index is 1.67. The molecule has 1 amide bonds. The molecule has 1 heterocycles. The van der Waals surface area contributed by atoms with Gasteiger partial charge in [0.15, 0.2) is 6.61 Å². The monoisotopic (exact) mass is 420 g/mol. The van der Waals surface area contributed by atoms with E-state index in [2.05, 4.69) is 23.3 Å². The SMILES string of the molecule is Cc1ccc(Sc2ncccc2C(=O)OCC(=O)Nc2c(C)cccc2C)cc1C. The van der Waals surface area contributed by atoms with Gasteiger partial charge in [0.2, 0.25) is 0 Å². The molecule has 0 spiro atoms. The Morgan fingerprint density at radius 1 is 0.933 bits per heavy atom. The summed E-state index contributed by atoms with van der Waals surface area (Å²) >= 11 is 1.39. The van der Waals surface area contributed by atoms with Crippen LogP contribution in [0.15, 0.2) is 64.6 Å². The zero-order valence-electron chi connectivity index (χ0n) is 17.5. The summed E-state index contributed by atoms with van der Waals surface area (Å²) in [6.07, 6.45) is 1.63. The molecule has 0 aliphatic carbocycles. The summed E-state index contributed by atoms with van der Waals surface area (Å²) in [4.78, 5) is 30.2. The van der Waals surface area contributed by atoms with E-state index in [1.165, 1.54) is 22.9 Å². The molecule has 2 aromatic carbocycles. The van der Waals surface area contributed by atoms with Gasteiger partial charge in [0.05, 0.1) is 5.56 Å². The molecule has 30 heavy (non-hydrogen) atoms. The largest absolute Gasteiger partial charge is 0.452 e. The molecule has 0 saturated heterocycles. The first kappa shape index (κ1) is 21.6. The number of anilines is 1. The van der Waals surface area contributed by atoms with Crippen molar-refractivity contribution < 1.29 is 14.3 Å². The number of pyridine rings is 1. The first-order chi connectivity index (χ1) is 14.3. The fourth-order valence-electron chi connectivity index (χ4n) is 2.91. The maximum Gasteiger partial charge on any atom is 0.341 e. The second kappa shape index (κ2) is 9.59. The average Bonchev–Trinajstić information content (AvgIpc) is 2.72. The number of rotatable bonds is 6. The number of para-hydroxylation sites is 1. The van der Waals surface area contributed by atoms with Crippen molar-refractivity contribution in [1.82, 2.24) is 4.98 Å². The number of aryl methyl sites for hydroxylation is 4. The predicted octanol–water partition coefficient (Wildman–Crippen LogP) is 5.26. The number of carbonyl (C=O) groups is 2. The van der Waals surface area contributed by atoms with Crippen LogP contribution >= 0.6 is 11.8 Å². The zero-order chi connectivity index (χ0) is 21.7. The second-order valence-electron chi connectivity index (χ2n) is 7.10. The Hall–Kier alpha value is -3.12. The number of esters is 1. The standard InChI is InChI=1S/C24H24N2O3S/c1-15-10-11-19(13-18(15)4)30-23-20(9-6-12-25-23)24(28)29-14-21(27)26-22-16(2)7-5-8-17(22)3/h5-13H,14H2,1-4H3,(H,26,27). The third-order valence-corrected chi connectivity index (χ3v) is 5.77. The van der Waals surface area contributed by atoms with E-state index in [9.17, 15) is 9.59 Å². The molecule has 0 bridgehead atoms. The minimum atomic E-state index is -0.578. The summed E-state index contributed by atoms with van der Waals surface area (Å²) < 4.78 is 5.26. The lowest BCUT2D eigenvalue weighted by molar-refractivity contribution is -0.119. The maximum atomic E-state index is 12.6. The molecule has 0 fully saturated rings. The fourth-order valence-corrected chi connectivity index (χ4v) is 3.88. The first-order valence-electron chi connectivity index (χ1n) is 9.58. The fraction of sp³-hybridized carbons (Fsp3) is 0.208. The summed E-state index contributed by atoms with van der Waals surface area (Å²) in [6, 6.07) is 15.2. The van der Waals surface area contributed by atoms with Crippen molar-refractivity contribution in [1.29, 1.82) is 0 Å². The van der Waals surface area contributed by atoms with Gasteiger partial charge in [-0.25, -0.2) is 9.78 Å². The number of amides is 1. The minimum absolute atomic E-state index is 0.334. The van der Waals surface area contributed by atoms with Gasteiger partial charge in [0.1, 0.15) is 5.03 Å². The zero-order valence-corrected chi connectivity index (χ0v) is 18.3. The topological polar surface area (TPSA) is 68.3 Å². The number of hydrogen-bond acceptors (Lipinski definition) is 5. The number of carbonyl (C=O) groups excluding carboxylic acids is 2. The van der Waals surface area contributed by atoms with Gasteiger partial charge in [0, 0.05) is 16.8 Å². The third kappa shape index (κ3) is 5.27. The van der Waals surface area contributed by atoms with E-state index in [0.717, 1.165) is 21.7 Å². The van der Waals surface area contributed by atoms with E-state index in [-0.39, 0.29) is 12.5 Å². The molecule has 0 unspecified atom stereocenters. The van der Waals surface area contributed by atoms with Crippen molar-refractivity contribution in [3.8, 4) is 0 Å². The number of ether oxygens (including phenoxy) is 1. The van der Waals surface area contributed by atoms with Crippen molar-refractivity contribution in [3.63, 3.8) is 0 Å². The van der Waals surface area contributed by atoms with Gasteiger partial charge in [-0.2, -0.15) is 0 Å². The highest BCUT2D eigenvalue weighted by Gasteiger charge is 2.17. The van der Waals surface area contributed by atoms with Gasteiger partial charge in [-0.3, -0.25) is 4.79 Å². The Morgan fingerprint density at radius 2 is 1.67 bits per heavy atom. The molecule has 0 aliphatic heterocycles. The minimum Gasteiger partial charge on any atom is -0.452 e. The average molecular weight is 421 g/mol. The third-order valence-electron chi connectivity index (χ3n) is 4.76. The van der Waals surface area contributed by atoms with Crippen LogP contribution in [0.1, 0.15) is 32.6 Å². The highest BCUT2D eigenvalue weighted by molar-refractivity contribution is 7.99. The molecule has 0 aliphatic rings. The van der Waals surface area contributed by atoms with Gasteiger partial charge in [-0.15, -0.1) is 0 Å². The summed E-state index contributed by atoms with van der Waals surface area (Å²) in [5.41, 5.74) is 5.35. The summed E-state index contributed by atoms with van der Waals surface area (Å²) in [5, 5.41) is 3.36. The van der Waals surface area contributed by atoms with Crippen molar-refractivity contribution in [2.24, 2.45) is 0 Å². The molecule has 0 saturated carbocycles. The Kier molecular flexibility index (Phi) is 6.90. The molecule has 0 atom stereocenters. The van der Waals surface area contributed by atoms with Gasteiger partial charge >= 0.3 is 5.97 Å². The normalized spacial score (nSPS) is 10.5. The van der Waals surface area contributed by atoms with Gasteiger partial charge < -0.3 is 10.1 Å².